The number of hydrogen-bond acceptors (Lipinski definition) is 2. The smallest absolute Gasteiger partial charge is 0.0454 e. The average Bonchev–Trinajstić information content (AvgIpc) is 3.65. The van der Waals surface area contributed by atoms with E-state index in [-0.39, 0.29) is 0 Å². The van der Waals surface area contributed by atoms with Gasteiger partial charge in [-0.3, -0.25) is 0 Å². The van der Waals surface area contributed by atoms with Crippen molar-refractivity contribution in [3.63, 3.8) is 0 Å². The quantitative estimate of drug-likeness (QED) is 0.195. The number of allylic oxidation sites excluding steroid dienone is 3. The Hall–Kier alpha value is -4.63. The fraction of sp³-hybridized carbons (Fsp3) is 0.0476. The number of thiophene rings is 1. The minimum atomic E-state index is 0.381. The number of benzene rings is 6. The molecule has 0 saturated heterocycles. The Balaban J connectivity index is 1.09. The van der Waals surface area contributed by atoms with Gasteiger partial charge in [0.2, 0.25) is 0 Å². The molecule has 1 aliphatic carbocycles. The topological polar surface area (TPSA) is 0 Å². The monoisotopic (exact) mass is 596 g/mol. The molecule has 0 radical (unpaired) electrons. The molecule has 0 spiro atoms. The minimum Gasteiger partial charge on any atom is -0.135 e. The van der Waals surface area contributed by atoms with Gasteiger partial charge in [-0.15, -0.1) is 23.1 Å². The molecule has 1 aliphatic heterocycles. The van der Waals surface area contributed by atoms with Gasteiger partial charge in [-0.2, -0.15) is 0 Å². The van der Waals surface area contributed by atoms with Crippen LogP contribution in [0.2, 0.25) is 0 Å². The molecule has 2 heteroatoms. The van der Waals surface area contributed by atoms with Gasteiger partial charge >= 0.3 is 0 Å². The molecule has 0 bridgehead atoms. The third kappa shape index (κ3) is 4.29. The third-order valence-corrected chi connectivity index (χ3v) is 11.7. The minimum absolute atomic E-state index is 0.381. The van der Waals surface area contributed by atoms with Crippen molar-refractivity contribution >= 4 is 48.8 Å². The lowest BCUT2D eigenvalue weighted by atomic mass is 9.84. The summed E-state index contributed by atoms with van der Waals surface area (Å²) >= 11 is 3.98. The molecule has 0 saturated carbocycles. The molecule has 2 unspecified atom stereocenters. The van der Waals surface area contributed by atoms with Gasteiger partial charge in [0.25, 0.3) is 0 Å². The molecule has 9 rings (SSSR count). The van der Waals surface area contributed by atoms with Crippen LogP contribution in [0.3, 0.4) is 0 Å². The molecule has 0 amide bonds. The lowest BCUT2D eigenvalue weighted by Gasteiger charge is -2.23. The summed E-state index contributed by atoms with van der Waals surface area (Å²) in [4.78, 5) is 1.42. The predicted octanol–water partition coefficient (Wildman–Crippen LogP) is 12.3. The standard InChI is InChI=1S/C42H28S2/c1-3-11-27(12-4-1)29-15-7-17-31(23-29)33-19-9-21-35-37-25-40-38(26-39(37)43-41(33)35)36-22-10-20-34(42(36)44-40)32-18-8-16-30(24-32)28-13-5-2-6-14-28/h1-26,35,41H. The molecule has 2 heterocycles. The Morgan fingerprint density at radius 3 is 1.89 bits per heavy atom. The van der Waals surface area contributed by atoms with Gasteiger partial charge in [-0.1, -0.05) is 133 Å². The van der Waals surface area contributed by atoms with E-state index in [1.807, 2.05) is 23.1 Å². The van der Waals surface area contributed by atoms with E-state index in [4.69, 9.17) is 0 Å². The highest BCUT2D eigenvalue weighted by Crippen LogP contribution is 2.55. The summed E-state index contributed by atoms with van der Waals surface area (Å²) < 4.78 is 2.75. The van der Waals surface area contributed by atoms with Crippen LogP contribution < -0.4 is 0 Å². The van der Waals surface area contributed by atoms with Gasteiger partial charge in [0.1, 0.15) is 0 Å². The Kier molecular flexibility index (Phi) is 6.18. The molecular weight excluding hydrogens is 569 g/mol. The van der Waals surface area contributed by atoms with Crippen molar-refractivity contribution in [2.75, 3.05) is 0 Å². The largest absolute Gasteiger partial charge is 0.135 e. The van der Waals surface area contributed by atoms with Crippen molar-refractivity contribution in [2.45, 2.75) is 16.1 Å². The predicted molar refractivity (Wildman–Crippen MR) is 192 cm³/mol. The van der Waals surface area contributed by atoms with Crippen LogP contribution in [-0.4, -0.2) is 5.25 Å². The Morgan fingerprint density at radius 2 is 1.14 bits per heavy atom. The fourth-order valence-corrected chi connectivity index (χ4v) is 9.69. The zero-order valence-corrected chi connectivity index (χ0v) is 25.6. The number of hydrogen-bond donors (Lipinski definition) is 0. The van der Waals surface area contributed by atoms with Crippen LogP contribution in [-0.2, 0) is 0 Å². The molecule has 2 aliphatic rings. The molecular formula is C42H28S2. The van der Waals surface area contributed by atoms with Gasteiger partial charge < -0.3 is 0 Å². The van der Waals surface area contributed by atoms with Gasteiger partial charge in [0, 0.05) is 36.2 Å². The molecule has 7 aromatic rings. The molecule has 1 aromatic heterocycles. The van der Waals surface area contributed by atoms with Gasteiger partial charge in [0.15, 0.2) is 0 Å². The number of rotatable bonds is 4. The van der Waals surface area contributed by atoms with E-state index in [0.717, 1.165) is 0 Å². The van der Waals surface area contributed by atoms with Gasteiger partial charge in [-0.05, 0) is 74.3 Å². The Labute approximate surface area is 266 Å². The maximum atomic E-state index is 2.49. The number of fused-ring (bicyclic) bond motifs is 6. The van der Waals surface area contributed by atoms with E-state index in [1.165, 1.54) is 75.1 Å². The van der Waals surface area contributed by atoms with E-state index in [1.54, 1.807) is 0 Å². The van der Waals surface area contributed by atoms with Crippen molar-refractivity contribution < 1.29 is 0 Å². The summed E-state index contributed by atoms with van der Waals surface area (Å²) in [6.45, 7) is 0. The van der Waals surface area contributed by atoms with E-state index in [9.17, 15) is 0 Å². The molecule has 44 heavy (non-hydrogen) atoms. The van der Waals surface area contributed by atoms with Crippen molar-refractivity contribution in [1.29, 1.82) is 0 Å². The summed E-state index contributed by atoms with van der Waals surface area (Å²) in [5.74, 6) is 0.381. The highest BCUT2D eigenvalue weighted by molar-refractivity contribution is 8.00. The van der Waals surface area contributed by atoms with Crippen LogP contribution in [0.1, 0.15) is 17.0 Å². The summed E-state index contributed by atoms with van der Waals surface area (Å²) in [6.07, 6.45) is 7.01. The molecule has 0 N–H and O–H groups in total. The first-order chi connectivity index (χ1) is 21.8. The van der Waals surface area contributed by atoms with Crippen molar-refractivity contribution in [3.05, 3.63) is 169 Å². The first-order valence-corrected chi connectivity index (χ1v) is 16.9. The second kappa shape index (κ2) is 10.5. The first-order valence-electron chi connectivity index (χ1n) is 15.2. The van der Waals surface area contributed by atoms with Crippen molar-refractivity contribution in [1.82, 2.24) is 0 Å². The zero-order valence-electron chi connectivity index (χ0n) is 24.0. The van der Waals surface area contributed by atoms with Crippen LogP contribution in [0.5, 0.6) is 0 Å². The maximum Gasteiger partial charge on any atom is 0.0454 e. The van der Waals surface area contributed by atoms with E-state index in [0.29, 0.717) is 11.2 Å². The molecule has 6 aromatic carbocycles. The highest BCUT2D eigenvalue weighted by Gasteiger charge is 2.36. The molecule has 0 fully saturated rings. The number of thioether (sulfide) groups is 1. The van der Waals surface area contributed by atoms with Crippen molar-refractivity contribution in [3.8, 4) is 33.4 Å². The van der Waals surface area contributed by atoms with Crippen LogP contribution >= 0.6 is 23.1 Å². The first kappa shape index (κ1) is 25.8. The fourth-order valence-electron chi connectivity index (χ4n) is 6.90. The summed E-state index contributed by atoms with van der Waals surface area (Å²) in [5, 5.41) is 3.12. The van der Waals surface area contributed by atoms with Gasteiger partial charge in [0.05, 0.1) is 0 Å². The summed E-state index contributed by atoms with van der Waals surface area (Å²) in [7, 11) is 0. The average molecular weight is 597 g/mol. The van der Waals surface area contributed by atoms with Crippen LogP contribution in [0, 0.1) is 0 Å². The third-order valence-electron chi connectivity index (χ3n) is 9.05. The van der Waals surface area contributed by atoms with Crippen LogP contribution in [0.25, 0.3) is 59.1 Å². The summed E-state index contributed by atoms with van der Waals surface area (Å²) in [6, 6.07) is 51.2. The molecule has 2 atom stereocenters. The molecule has 208 valence electrons. The van der Waals surface area contributed by atoms with E-state index < -0.39 is 0 Å². The second-order valence-electron chi connectivity index (χ2n) is 11.6. The summed E-state index contributed by atoms with van der Waals surface area (Å²) in [5.41, 5.74) is 11.8. The van der Waals surface area contributed by atoms with E-state index >= 15 is 0 Å². The van der Waals surface area contributed by atoms with Gasteiger partial charge in [-0.25, -0.2) is 0 Å². The second-order valence-corrected chi connectivity index (χ2v) is 13.9. The van der Waals surface area contributed by atoms with Crippen molar-refractivity contribution in [2.24, 2.45) is 0 Å². The Bertz CT molecular complexity index is 2250. The lowest BCUT2D eigenvalue weighted by Crippen LogP contribution is -2.13. The zero-order chi connectivity index (χ0) is 29.0. The van der Waals surface area contributed by atoms with E-state index in [2.05, 4.69) is 158 Å². The Morgan fingerprint density at radius 1 is 0.500 bits per heavy atom. The maximum absolute atomic E-state index is 2.49. The van der Waals surface area contributed by atoms with Crippen LogP contribution in [0.15, 0.2) is 163 Å². The normalized spacial score (nSPS) is 17.0. The molecule has 0 nitrogen and oxygen atoms in total. The highest BCUT2D eigenvalue weighted by atomic mass is 32.2. The van der Waals surface area contributed by atoms with Crippen LogP contribution in [0.4, 0.5) is 0 Å². The SMILES string of the molecule is C1=CC2c3cc4sc5c(-c6cccc(-c7ccccc7)c6)cccc5c4cc3SC2C(c2cccc(-c3ccccc3)c2)=C1. The lowest BCUT2D eigenvalue weighted by molar-refractivity contribution is 0.896.